The molecule has 2 aromatic rings. The Bertz CT molecular complexity index is 614. The van der Waals surface area contributed by atoms with Crippen molar-refractivity contribution < 1.29 is 4.74 Å². The number of hydrogen-bond donors (Lipinski definition) is 1. The van der Waals surface area contributed by atoms with Gasteiger partial charge in [-0.2, -0.15) is 0 Å². The van der Waals surface area contributed by atoms with E-state index in [0.717, 1.165) is 42.1 Å². The van der Waals surface area contributed by atoms with Crippen LogP contribution in [0.1, 0.15) is 30.2 Å². The molecule has 0 saturated carbocycles. The highest BCUT2D eigenvalue weighted by atomic mass is 35.5. The second kappa shape index (κ2) is 7.43. The molecule has 0 spiro atoms. The topological polar surface area (TPSA) is 34.2 Å². The summed E-state index contributed by atoms with van der Waals surface area (Å²) in [7, 11) is 0. The number of ether oxygens (including phenoxy) is 1. The molecule has 3 nitrogen and oxygen atoms in total. The number of benzene rings is 1. The van der Waals surface area contributed by atoms with Crippen LogP contribution in [0.5, 0.6) is 11.5 Å². The van der Waals surface area contributed by atoms with E-state index in [1.807, 2.05) is 44.3 Å². The molecule has 0 aliphatic carbocycles. The third-order valence-electron chi connectivity index (χ3n) is 3.13. The molecule has 112 valence electrons. The minimum absolute atomic E-state index is 0.622. The van der Waals surface area contributed by atoms with Gasteiger partial charge in [0.25, 0.3) is 0 Å². The van der Waals surface area contributed by atoms with Crippen molar-refractivity contribution in [2.45, 2.75) is 33.7 Å². The predicted octanol–water partition coefficient (Wildman–Crippen LogP) is 4.64. The second-order valence-corrected chi connectivity index (χ2v) is 5.55. The Kier molecular flexibility index (Phi) is 5.59. The molecule has 0 aliphatic rings. The van der Waals surface area contributed by atoms with Crippen LogP contribution in [0.2, 0.25) is 5.02 Å². The van der Waals surface area contributed by atoms with E-state index in [1.165, 1.54) is 0 Å². The molecular weight excluding hydrogens is 284 g/mol. The van der Waals surface area contributed by atoms with Crippen molar-refractivity contribution in [3.05, 3.63) is 52.3 Å². The molecular formula is C17H21ClN2O. The van der Waals surface area contributed by atoms with Crippen LogP contribution in [0.3, 0.4) is 0 Å². The van der Waals surface area contributed by atoms with Gasteiger partial charge in [0.05, 0.1) is 5.02 Å². The van der Waals surface area contributed by atoms with Crippen molar-refractivity contribution in [2.24, 2.45) is 0 Å². The van der Waals surface area contributed by atoms with Crippen LogP contribution in [-0.4, -0.2) is 11.5 Å². The molecule has 1 heterocycles. The molecule has 0 saturated heterocycles. The third-order valence-corrected chi connectivity index (χ3v) is 3.43. The van der Waals surface area contributed by atoms with Crippen molar-refractivity contribution in [1.29, 1.82) is 0 Å². The first-order chi connectivity index (χ1) is 10.1. The van der Waals surface area contributed by atoms with Gasteiger partial charge in [0.1, 0.15) is 11.5 Å². The Labute approximate surface area is 131 Å². The van der Waals surface area contributed by atoms with Crippen LogP contribution in [0.4, 0.5) is 0 Å². The monoisotopic (exact) mass is 304 g/mol. The summed E-state index contributed by atoms with van der Waals surface area (Å²) in [5.41, 5.74) is 3.07. The van der Waals surface area contributed by atoms with Crippen LogP contribution < -0.4 is 10.1 Å². The van der Waals surface area contributed by atoms with Crippen LogP contribution in [0.25, 0.3) is 0 Å². The number of halogens is 1. The Morgan fingerprint density at radius 3 is 2.71 bits per heavy atom. The maximum atomic E-state index is 6.24. The van der Waals surface area contributed by atoms with Crippen LogP contribution >= 0.6 is 11.6 Å². The van der Waals surface area contributed by atoms with Gasteiger partial charge in [-0.05, 0) is 44.5 Å². The molecule has 0 unspecified atom stereocenters. The average Bonchev–Trinajstić information content (AvgIpc) is 2.44. The van der Waals surface area contributed by atoms with E-state index < -0.39 is 0 Å². The van der Waals surface area contributed by atoms with Gasteiger partial charge in [-0.15, -0.1) is 0 Å². The lowest BCUT2D eigenvalue weighted by atomic mass is 10.2. The Balaban J connectivity index is 2.22. The first kappa shape index (κ1) is 15.8. The molecule has 0 aliphatic heterocycles. The smallest absolute Gasteiger partial charge is 0.146 e. The van der Waals surface area contributed by atoms with E-state index >= 15 is 0 Å². The molecule has 0 amide bonds. The molecule has 1 N–H and O–H groups in total. The van der Waals surface area contributed by atoms with Crippen molar-refractivity contribution in [1.82, 2.24) is 10.3 Å². The highest BCUT2D eigenvalue weighted by Gasteiger charge is 2.09. The fraction of sp³-hybridized carbons (Fsp3) is 0.353. The van der Waals surface area contributed by atoms with Gasteiger partial charge in [-0.1, -0.05) is 24.6 Å². The highest BCUT2D eigenvalue weighted by Crippen LogP contribution is 2.32. The molecule has 1 aromatic carbocycles. The zero-order valence-electron chi connectivity index (χ0n) is 12.7. The fourth-order valence-electron chi connectivity index (χ4n) is 2.00. The standard InChI is InChI=1S/C17H21ClN2O/c1-4-7-19-10-14-11-20-13(3)9-17(14)21-16-6-5-12(2)8-15(16)18/h5-6,8-9,11,19H,4,7,10H2,1-3H3. The Morgan fingerprint density at radius 1 is 1.19 bits per heavy atom. The van der Waals surface area contributed by atoms with E-state index in [4.69, 9.17) is 16.3 Å². The summed E-state index contributed by atoms with van der Waals surface area (Å²) in [6.45, 7) is 7.81. The van der Waals surface area contributed by atoms with E-state index in [1.54, 1.807) is 0 Å². The Hall–Kier alpha value is -1.58. The SMILES string of the molecule is CCCNCc1cnc(C)cc1Oc1ccc(C)cc1Cl. The Morgan fingerprint density at radius 2 is 2.00 bits per heavy atom. The van der Waals surface area contributed by atoms with Crippen LogP contribution in [0.15, 0.2) is 30.5 Å². The number of pyridine rings is 1. The first-order valence-electron chi connectivity index (χ1n) is 7.20. The molecule has 0 bridgehead atoms. The quantitative estimate of drug-likeness (QED) is 0.789. The normalized spacial score (nSPS) is 10.7. The van der Waals surface area contributed by atoms with Gasteiger partial charge in [-0.3, -0.25) is 4.98 Å². The molecule has 0 fully saturated rings. The average molecular weight is 305 g/mol. The summed E-state index contributed by atoms with van der Waals surface area (Å²) < 4.78 is 5.99. The van der Waals surface area contributed by atoms with Gasteiger partial charge in [0, 0.05) is 30.1 Å². The predicted molar refractivity (Wildman–Crippen MR) is 87.2 cm³/mol. The molecule has 4 heteroatoms. The molecule has 1 aromatic heterocycles. The fourth-order valence-corrected chi connectivity index (χ4v) is 2.27. The largest absolute Gasteiger partial charge is 0.455 e. The van der Waals surface area contributed by atoms with Crippen molar-refractivity contribution in [3.8, 4) is 11.5 Å². The minimum atomic E-state index is 0.622. The maximum absolute atomic E-state index is 6.24. The number of hydrogen-bond acceptors (Lipinski definition) is 3. The van der Waals surface area contributed by atoms with Gasteiger partial charge in [-0.25, -0.2) is 0 Å². The summed E-state index contributed by atoms with van der Waals surface area (Å²) in [4.78, 5) is 4.34. The van der Waals surface area contributed by atoms with Crippen molar-refractivity contribution in [3.63, 3.8) is 0 Å². The van der Waals surface area contributed by atoms with Gasteiger partial charge in [0.2, 0.25) is 0 Å². The summed E-state index contributed by atoms with van der Waals surface area (Å²) in [5, 5.41) is 3.99. The van der Waals surface area contributed by atoms with Gasteiger partial charge in [0.15, 0.2) is 0 Å². The lowest BCUT2D eigenvalue weighted by molar-refractivity contribution is 0.471. The third kappa shape index (κ3) is 4.45. The van der Waals surface area contributed by atoms with E-state index in [-0.39, 0.29) is 0 Å². The zero-order chi connectivity index (χ0) is 15.2. The number of nitrogens with zero attached hydrogens (tertiary/aromatic N) is 1. The number of aromatic nitrogens is 1. The first-order valence-corrected chi connectivity index (χ1v) is 7.58. The van der Waals surface area contributed by atoms with E-state index in [0.29, 0.717) is 10.8 Å². The number of nitrogens with one attached hydrogen (secondary N) is 1. The van der Waals surface area contributed by atoms with Crippen LogP contribution in [0, 0.1) is 13.8 Å². The zero-order valence-corrected chi connectivity index (χ0v) is 13.5. The summed E-state index contributed by atoms with van der Waals surface area (Å²) in [5.74, 6) is 1.47. The van der Waals surface area contributed by atoms with Gasteiger partial charge < -0.3 is 10.1 Å². The van der Waals surface area contributed by atoms with E-state index in [2.05, 4.69) is 17.2 Å². The molecule has 0 atom stereocenters. The van der Waals surface area contributed by atoms with Crippen molar-refractivity contribution >= 4 is 11.6 Å². The van der Waals surface area contributed by atoms with Crippen molar-refractivity contribution in [2.75, 3.05) is 6.54 Å². The lowest BCUT2D eigenvalue weighted by Gasteiger charge is -2.13. The van der Waals surface area contributed by atoms with E-state index in [9.17, 15) is 0 Å². The molecule has 2 rings (SSSR count). The lowest BCUT2D eigenvalue weighted by Crippen LogP contribution is -2.14. The van der Waals surface area contributed by atoms with Gasteiger partial charge >= 0.3 is 0 Å². The maximum Gasteiger partial charge on any atom is 0.146 e. The summed E-state index contributed by atoms with van der Waals surface area (Å²) >= 11 is 6.24. The molecule has 0 radical (unpaired) electrons. The van der Waals surface area contributed by atoms with Crippen LogP contribution in [-0.2, 0) is 6.54 Å². The minimum Gasteiger partial charge on any atom is -0.455 e. The summed E-state index contributed by atoms with van der Waals surface area (Å²) in [6.07, 6.45) is 2.95. The number of aryl methyl sites for hydroxylation is 2. The number of rotatable bonds is 6. The molecule has 21 heavy (non-hydrogen) atoms. The second-order valence-electron chi connectivity index (χ2n) is 5.15. The highest BCUT2D eigenvalue weighted by molar-refractivity contribution is 6.32. The summed E-state index contributed by atoms with van der Waals surface area (Å²) in [6, 6.07) is 7.74.